The van der Waals surface area contributed by atoms with E-state index in [1.54, 1.807) is 18.1 Å². The quantitative estimate of drug-likeness (QED) is 0.425. The lowest BCUT2D eigenvalue weighted by Crippen LogP contribution is -2.31. The summed E-state index contributed by atoms with van der Waals surface area (Å²) in [5, 5.41) is 4.09. The first-order chi connectivity index (χ1) is 13.9. The van der Waals surface area contributed by atoms with Crippen LogP contribution in [0.2, 0.25) is 5.02 Å². The molecule has 1 aliphatic rings. The number of rotatable bonds is 7. The molecule has 0 unspecified atom stereocenters. The fourth-order valence-corrected chi connectivity index (χ4v) is 3.68. The Morgan fingerprint density at radius 2 is 1.97 bits per heavy atom. The Kier molecular flexibility index (Phi) is 7.16. The first-order valence-corrected chi connectivity index (χ1v) is 10.6. The SMILES string of the molecule is CCCN1C(=O)/C(=C/c2cc(OC)c(OCc3ccc(Cl)cc3)cc2Br)NC1=S. The molecule has 3 rings (SSSR count). The molecule has 0 aliphatic carbocycles. The smallest absolute Gasteiger partial charge is 0.276 e. The topological polar surface area (TPSA) is 50.8 Å². The Morgan fingerprint density at radius 1 is 1.24 bits per heavy atom. The van der Waals surface area contributed by atoms with Gasteiger partial charge in [0.1, 0.15) is 12.3 Å². The van der Waals surface area contributed by atoms with Crippen LogP contribution < -0.4 is 14.8 Å². The van der Waals surface area contributed by atoms with E-state index in [1.807, 2.05) is 43.3 Å². The molecule has 0 saturated carbocycles. The van der Waals surface area contributed by atoms with Gasteiger partial charge < -0.3 is 14.8 Å². The van der Waals surface area contributed by atoms with Crippen molar-refractivity contribution in [1.82, 2.24) is 10.2 Å². The molecule has 1 saturated heterocycles. The van der Waals surface area contributed by atoms with Gasteiger partial charge in [-0.25, -0.2) is 0 Å². The summed E-state index contributed by atoms with van der Waals surface area (Å²) < 4.78 is 12.2. The maximum Gasteiger partial charge on any atom is 0.276 e. The fourth-order valence-electron chi connectivity index (χ4n) is 2.83. The van der Waals surface area contributed by atoms with Crippen LogP contribution in [0.4, 0.5) is 0 Å². The summed E-state index contributed by atoms with van der Waals surface area (Å²) in [6.07, 6.45) is 2.58. The van der Waals surface area contributed by atoms with Crippen molar-refractivity contribution < 1.29 is 14.3 Å². The van der Waals surface area contributed by atoms with Crippen molar-refractivity contribution in [1.29, 1.82) is 0 Å². The van der Waals surface area contributed by atoms with Crippen molar-refractivity contribution in [2.24, 2.45) is 0 Å². The van der Waals surface area contributed by atoms with Crippen molar-refractivity contribution >= 4 is 56.8 Å². The van der Waals surface area contributed by atoms with Gasteiger partial charge in [-0.3, -0.25) is 9.69 Å². The van der Waals surface area contributed by atoms with Gasteiger partial charge in [-0.15, -0.1) is 0 Å². The molecule has 0 spiro atoms. The van der Waals surface area contributed by atoms with E-state index < -0.39 is 0 Å². The average molecular weight is 496 g/mol. The van der Waals surface area contributed by atoms with Crippen LogP contribution in [0, 0.1) is 0 Å². The molecule has 1 aliphatic heterocycles. The maximum atomic E-state index is 12.6. The van der Waals surface area contributed by atoms with E-state index in [1.165, 1.54) is 0 Å². The molecule has 0 atom stereocenters. The molecule has 29 heavy (non-hydrogen) atoms. The summed E-state index contributed by atoms with van der Waals surface area (Å²) in [5.74, 6) is 1.02. The van der Waals surface area contributed by atoms with E-state index in [0.29, 0.717) is 40.5 Å². The van der Waals surface area contributed by atoms with Gasteiger partial charge in [0, 0.05) is 16.0 Å². The van der Waals surface area contributed by atoms with E-state index in [4.69, 9.17) is 33.3 Å². The molecule has 8 heteroatoms. The number of hydrogen-bond acceptors (Lipinski definition) is 4. The second kappa shape index (κ2) is 9.61. The first-order valence-electron chi connectivity index (χ1n) is 9.02. The Labute approximate surface area is 188 Å². The maximum absolute atomic E-state index is 12.6. The van der Waals surface area contributed by atoms with E-state index in [9.17, 15) is 4.79 Å². The molecule has 1 amide bonds. The second-order valence-corrected chi connectivity index (χ2v) is 8.06. The Hall–Kier alpha value is -2.09. The second-order valence-electron chi connectivity index (χ2n) is 6.38. The number of nitrogens with one attached hydrogen (secondary N) is 1. The minimum absolute atomic E-state index is 0.134. The van der Waals surface area contributed by atoms with Crippen LogP contribution in [0.5, 0.6) is 11.5 Å². The van der Waals surface area contributed by atoms with Crippen molar-refractivity contribution in [2.75, 3.05) is 13.7 Å². The summed E-state index contributed by atoms with van der Waals surface area (Å²) in [4.78, 5) is 14.1. The van der Waals surface area contributed by atoms with Crippen molar-refractivity contribution in [3.8, 4) is 11.5 Å². The van der Waals surface area contributed by atoms with Gasteiger partial charge >= 0.3 is 0 Å². The lowest BCUT2D eigenvalue weighted by Gasteiger charge is -2.13. The third-order valence-corrected chi connectivity index (χ3v) is 5.56. The summed E-state index contributed by atoms with van der Waals surface area (Å²) >= 11 is 14.7. The van der Waals surface area contributed by atoms with Crippen LogP contribution in [0.25, 0.3) is 6.08 Å². The lowest BCUT2D eigenvalue weighted by atomic mass is 10.1. The van der Waals surface area contributed by atoms with Gasteiger partial charge in [0.15, 0.2) is 16.6 Å². The molecular weight excluding hydrogens is 476 g/mol. The minimum atomic E-state index is -0.134. The molecule has 0 aromatic heterocycles. The van der Waals surface area contributed by atoms with Crippen LogP contribution in [0.1, 0.15) is 24.5 Å². The van der Waals surface area contributed by atoms with Crippen molar-refractivity contribution in [3.05, 3.63) is 62.7 Å². The Morgan fingerprint density at radius 3 is 2.62 bits per heavy atom. The zero-order valence-corrected chi connectivity index (χ0v) is 19.2. The highest BCUT2D eigenvalue weighted by atomic mass is 79.9. The summed E-state index contributed by atoms with van der Waals surface area (Å²) in [6.45, 7) is 2.96. The Bertz CT molecular complexity index is 963. The van der Waals surface area contributed by atoms with Gasteiger partial charge in [0.05, 0.1) is 7.11 Å². The van der Waals surface area contributed by atoms with E-state index in [-0.39, 0.29) is 5.91 Å². The third kappa shape index (κ3) is 5.10. The van der Waals surface area contributed by atoms with E-state index >= 15 is 0 Å². The number of carbonyl (C=O) groups excluding carboxylic acids is 1. The van der Waals surface area contributed by atoms with Gasteiger partial charge in [0.25, 0.3) is 5.91 Å². The number of benzene rings is 2. The highest BCUT2D eigenvalue weighted by Gasteiger charge is 2.30. The number of ether oxygens (including phenoxy) is 2. The minimum Gasteiger partial charge on any atom is -0.493 e. The molecule has 1 heterocycles. The normalized spacial score (nSPS) is 15.0. The highest BCUT2D eigenvalue weighted by Crippen LogP contribution is 2.35. The van der Waals surface area contributed by atoms with Gasteiger partial charge in [-0.2, -0.15) is 0 Å². The number of methoxy groups -OCH3 is 1. The van der Waals surface area contributed by atoms with Crippen LogP contribution in [-0.2, 0) is 11.4 Å². The molecule has 2 aromatic carbocycles. The molecule has 2 aromatic rings. The van der Waals surface area contributed by atoms with Crippen molar-refractivity contribution in [2.45, 2.75) is 20.0 Å². The zero-order valence-electron chi connectivity index (χ0n) is 16.0. The standard InChI is InChI=1S/C21H20BrClN2O3S/c1-3-8-25-20(26)17(24-21(25)29)9-14-10-18(27-2)19(11-16(14)22)28-12-13-4-6-15(23)7-5-13/h4-7,9-11H,3,8,12H2,1-2H3,(H,24,29)/b17-9-. The third-order valence-electron chi connectivity index (χ3n) is 4.30. The predicted octanol–water partition coefficient (Wildman–Crippen LogP) is 5.16. The van der Waals surface area contributed by atoms with Crippen molar-refractivity contribution in [3.63, 3.8) is 0 Å². The number of carbonyl (C=O) groups is 1. The largest absolute Gasteiger partial charge is 0.493 e. The summed E-state index contributed by atoms with van der Waals surface area (Å²) in [7, 11) is 1.58. The average Bonchev–Trinajstić information content (AvgIpc) is 2.97. The number of hydrogen-bond donors (Lipinski definition) is 1. The number of thiocarbonyl (C=S) groups is 1. The van der Waals surface area contributed by atoms with Crippen LogP contribution in [0.15, 0.2) is 46.6 Å². The molecule has 152 valence electrons. The highest BCUT2D eigenvalue weighted by molar-refractivity contribution is 9.10. The number of amides is 1. The predicted molar refractivity (Wildman–Crippen MR) is 122 cm³/mol. The Balaban J connectivity index is 1.82. The van der Waals surface area contributed by atoms with E-state index in [0.717, 1.165) is 22.0 Å². The summed E-state index contributed by atoms with van der Waals surface area (Å²) in [6, 6.07) is 11.1. The van der Waals surface area contributed by atoms with Gasteiger partial charge in [0.2, 0.25) is 0 Å². The summed E-state index contributed by atoms with van der Waals surface area (Å²) in [5.41, 5.74) is 2.20. The number of nitrogens with zero attached hydrogens (tertiary/aromatic N) is 1. The molecule has 0 bridgehead atoms. The molecule has 5 nitrogen and oxygen atoms in total. The van der Waals surface area contributed by atoms with E-state index in [2.05, 4.69) is 21.2 Å². The molecular formula is C21H20BrClN2O3S. The lowest BCUT2D eigenvalue weighted by molar-refractivity contribution is -0.122. The van der Waals surface area contributed by atoms with Crippen LogP contribution in [-0.4, -0.2) is 29.6 Å². The van der Waals surface area contributed by atoms with Gasteiger partial charge in [-0.1, -0.05) is 46.6 Å². The fraction of sp³-hybridized carbons (Fsp3) is 0.238. The number of halogens is 2. The monoisotopic (exact) mass is 494 g/mol. The molecule has 1 fully saturated rings. The van der Waals surface area contributed by atoms with Gasteiger partial charge in [-0.05, 0) is 60.1 Å². The van der Waals surface area contributed by atoms with Crippen LogP contribution >= 0.6 is 39.7 Å². The zero-order chi connectivity index (χ0) is 21.0. The molecule has 0 radical (unpaired) electrons. The first kappa shape index (κ1) is 21.6. The molecule has 1 N–H and O–H groups in total. The van der Waals surface area contributed by atoms with Crippen LogP contribution in [0.3, 0.4) is 0 Å².